The second kappa shape index (κ2) is 12.7. The molecule has 0 spiro atoms. The maximum atomic E-state index is 15.8. The highest BCUT2D eigenvalue weighted by atomic mass is 19.1. The second-order valence-corrected chi connectivity index (χ2v) is 13.4. The second-order valence-electron chi connectivity index (χ2n) is 13.4. The Morgan fingerprint density at radius 3 is 2.40 bits per heavy atom. The van der Waals surface area contributed by atoms with Crippen LogP contribution in [-0.4, -0.2) is 91.7 Å². The van der Waals surface area contributed by atoms with Gasteiger partial charge in [-0.1, -0.05) is 51.1 Å². The number of nitrogens with zero attached hydrogens (tertiary/aromatic N) is 6. The van der Waals surface area contributed by atoms with Gasteiger partial charge in [-0.2, -0.15) is 10.1 Å². The fourth-order valence-corrected chi connectivity index (χ4v) is 6.90. The van der Waals surface area contributed by atoms with Gasteiger partial charge in [0.2, 0.25) is 17.7 Å². The molecule has 2 aromatic heterocycles. The van der Waals surface area contributed by atoms with Crippen molar-refractivity contribution in [2.75, 3.05) is 37.6 Å². The number of rotatable bonds is 6. The zero-order chi connectivity index (χ0) is 33.5. The number of aromatic hydroxyl groups is 1. The van der Waals surface area contributed by atoms with E-state index in [1.54, 1.807) is 15.6 Å². The fourth-order valence-electron chi connectivity index (χ4n) is 6.90. The van der Waals surface area contributed by atoms with Crippen molar-refractivity contribution in [3.63, 3.8) is 0 Å². The molecule has 0 aliphatic carbocycles. The summed E-state index contributed by atoms with van der Waals surface area (Å²) in [5.41, 5.74) is 3.56. The van der Waals surface area contributed by atoms with Gasteiger partial charge in [-0.3, -0.25) is 9.48 Å². The van der Waals surface area contributed by atoms with Crippen LogP contribution in [0.15, 0.2) is 60.7 Å². The molecule has 0 bridgehead atoms. The molecule has 2 saturated heterocycles. The van der Waals surface area contributed by atoms with Gasteiger partial charge in [-0.05, 0) is 41.7 Å². The summed E-state index contributed by atoms with van der Waals surface area (Å²) in [6.45, 7) is 7.92. The third kappa shape index (κ3) is 6.41. The van der Waals surface area contributed by atoms with Gasteiger partial charge in [0.15, 0.2) is 0 Å². The smallest absolute Gasteiger partial charge is 0.407 e. The third-order valence-electron chi connectivity index (χ3n) is 9.26. The number of hydrogen-bond donors (Lipinski definition) is 2. The highest BCUT2D eigenvalue weighted by Gasteiger charge is 2.49. The van der Waals surface area contributed by atoms with Crippen molar-refractivity contribution < 1.29 is 28.9 Å². The Balaban J connectivity index is 1.16. The normalized spacial score (nSPS) is 20.4. The van der Waals surface area contributed by atoms with Gasteiger partial charge in [0.1, 0.15) is 18.5 Å². The summed E-state index contributed by atoms with van der Waals surface area (Å²) in [6, 6.07) is 18.2. The van der Waals surface area contributed by atoms with E-state index in [9.17, 15) is 19.8 Å². The van der Waals surface area contributed by atoms with Gasteiger partial charge in [0, 0.05) is 56.9 Å². The summed E-state index contributed by atoms with van der Waals surface area (Å²) in [4.78, 5) is 34.7. The number of ether oxygens (including phenoxy) is 1. The van der Waals surface area contributed by atoms with E-state index >= 15 is 4.39 Å². The Morgan fingerprint density at radius 2 is 1.72 bits per heavy atom. The number of fused-ring (bicyclic) bond motifs is 1. The summed E-state index contributed by atoms with van der Waals surface area (Å²) < 4.78 is 23.7. The first-order valence-electron chi connectivity index (χ1n) is 15.9. The molecule has 2 aromatic carbocycles. The molecule has 6 rings (SSSR count). The number of aryl methyl sites for hydroxylation is 1. The van der Waals surface area contributed by atoms with E-state index < -0.39 is 29.6 Å². The van der Waals surface area contributed by atoms with Crippen molar-refractivity contribution in [3.8, 4) is 23.0 Å². The number of hydrogen-bond acceptors (Lipinski definition) is 7. The van der Waals surface area contributed by atoms with Crippen LogP contribution in [0.2, 0.25) is 0 Å². The predicted octanol–water partition coefficient (Wildman–Crippen LogP) is 5.32. The Kier molecular flexibility index (Phi) is 8.69. The van der Waals surface area contributed by atoms with Crippen molar-refractivity contribution in [1.82, 2.24) is 24.6 Å². The molecule has 2 fully saturated rings. The monoisotopic (exact) mass is 644 g/mol. The van der Waals surface area contributed by atoms with E-state index in [4.69, 9.17) is 9.84 Å². The highest BCUT2D eigenvalue weighted by Crippen LogP contribution is 2.39. The standard InChI is InChI=1S/C35H41FN6O5/c1-35(2,3)31-29(36)25(14-15-42(31)34(45)46)33(44)41-18-16-40(17-19-41)23-10-11-24-27(20-23)39(4)38-30(24)26-12-13-28(43)37-32(26)47-21-22-8-6-5-7-9-22/h5-13,20,25,29,31H,14-19,21H2,1-4H3,(H,37,43)(H,45,46). The molecule has 3 atom stereocenters. The number of alkyl halides is 1. The lowest BCUT2D eigenvalue weighted by atomic mass is 9.75. The molecule has 0 saturated carbocycles. The topological polar surface area (TPSA) is 124 Å². The molecule has 11 nitrogen and oxygen atoms in total. The quantitative estimate of drug-likeness (QED) is 0.289. The summed E-state index contributed by atoms with van der Waals surface area (Å²) in [5, 5.41) is 25.5. The molecule has 12 heteroatoms. The predicted molar refractivity (Wildman–Crippen MR) is 176 cm³/mol. The SMILES string of the molecule is Cn1nc(-c2ccc(O)nc2OCc2ccccc2)c2ccc(N3CCN(C(=O)C4CCN(C(=O)O)C(C(C)(C)C)C4F)CC3)cc21. The molecule has 2 amide bonds. The third-order valence-corrected chi connectivity index (χ3v) is 9.26. The first kappa shape index (κ1) is 32.1. The number of piperazine rings is 1. The molecule has 2 N–H and O–H groups in total. The van der Waals surface area contributed by atoms with Crippen molar-refractivity contribution >= 4 is 28.6 Å². The summed E-state index contributed by atoms with van der Waals surface area (Å²) in [7, 11) is 1.87. The van der Waals surface area contributed by atoms with Crippen molar-refractivity contribution in [1.29, 1.82) is 0 Å². The first-order chi connectivity index (χ1) is 22.4. The highest BCUT2D eigenvalue weighted by molar-refractivity contribution is 5.96. The van der Waals surface area contributed by atoms with Crippen LogP contribution in [0.1, 0.15) is 32.8 Å². The minimum Gasteiger partial charge on any atom is -0.493 e. The van der Waals surface area contributed by atoms with Crippen LogP contribution in [0.3, 0.4) is 0 Å². The molecule has 47 heavy (non-hydrogen) atoms. The molecular weight excluding hydrogens is 603 g/mol. The summed E-state index contributed by atoms with van der Waals surface area (Å²) in [5.74, 6) is -0.951. The molecule has 248 valence electrons. The van der Waals surface area contributed by atoms with Crippen LogP contribution in [0.25, 0.3) is 22.2 Å². The Hall–Kier alpha value is -4.87. The lowest BCUT2D eigenvalue weighted by Gasteiger charge is -2.47. The van der Waals surface area contributed by atoms with E-state index in [0.717, 1.165) is 27.1 Å². The van der Waals surface area contributed by atoms with Gasteiger partial charge in [0.05, 0.1) is 23.0 Å². The zero-order valence-corrected chi connectivity index (χ0v) is 27.1. The van der Waals surface area contributed by atoms with Crippen LogP contribution in [0.5, 0.6) is 11.8 Å². The maximum Gasteiger partial charge on any atom is 0.407 e. The van der Waals surface area contributed by atoms with Gasteiger partial charge in [-0.25, -0.2) is 9.18 Å². The molecule has 4 heterocycles. The Morgan fingerprint density at radius 1 is 1.00 bits per heavy atom. The fraction of sp³-hybridized carbons (Fsp3) is 0.429. The zero-order valence-electron chi connectivity index (χ0n) is 27.1. The molecule has 3 unspecified atom stereocenters. The average Bonchev–Trinajstić information content (AvgIpc) is 3.38. The van der Waals surface area contributed by atoms with Gasteiger partial charge >= 0.3 is 6.09 Å². The van der Waals surface area contributed by atoms with E-state index in [1.807, 2.05) is 70.3 Å². The van der Waals surface area contributed by atoms with E-state index in [-0.39, 0.29) is 30.6 Å². The Bertz CT molecular complexity index is 1770. The average molecular weight is 645 g/mol. The number of carbonyl (C=O) groups is 2. The number of anilines is 1. The number of likely N-dealkylation sites (tertiary alicyclic amines) is 1. The number of piperidine rings is 1. The van der Waals surface area contributed by atoms with E-state index in [0.29, 0.717) is 44.0 Å². The number of pyridine rings is 1. The summed E-state index contributed by atoms with van der Waals surface area (Å²) in [6.07, 6.45) is -2.55. The number of amides is 2. The van der Waals surface area contributed by atoms with Crippen LogP contribution < -0.4 is 9.64 Å². The number of halogens is 1. The molecule has 0 radical (unpaired) electrons. The molecule has 4 aromatic rings. The van der Waals surface area contributed by atoms with Gasteiger partial charge in [0.25, 0.3) is 0 Å². The molecule has 2 aliphatic rings. The first-order valence-corrected chi connectivity index (χ1v) is 15.9. The minimum absolute atomic E-state index is 0.140. The van der Waals surface area contributed by atoms with Crippen molar-refractivity contribution in [3.05, 3.63) is 66.2 Å². The van der Waals surface area contributed by atoms with Gasteiger partial charge < -0.3 is 29.6 Å². The maximum absolute atomic E-state index is 15.8. The Labute approximate surface area is 273 Å². The number of carbonyl (C=O) groups excluding carboxylic acids is 1. The largest absolute Gasteiger partial charge is 0.493 e. The summed E-state index contributed by atoms with van der Waals surface area (Å²) >= 11 is 0. The number of carboxylic acid groups (broad SMARTS) is 1. The van der Waals surface area contributed by atoms with Gasteiger partial charge in [-0.15, -0.1) is 0 Å². The van der Waals surface area contributed by atoms with Crippen molar-refractivity contribution in [2.45, 2.75) is 46.0 Å². The van der Waals surface area contributed by atoms with Crippen LogP contribution >= 0.6 is 0 Å². The van der Waals surface area contributed by atoms with Crippen LogP contribution in [0, 0.1) is 11.3 Å². The van der Waals surface area contributed by atoms with E-state index in [2.05, 4.69) is 16.0 Å². The van der Waals surface area contributed by atoms with E-state index in [1.165, 1.54) is 6.07 Å². The van der Waals surface area contributed by atoms with Crippen LogP contribution in [0.4, 0.5) is 14.9 Å². The van der Waals surface area contributed by atoms with Crippen LogP contribution in [-0.2, 0) is 18.4 Å². The molecular formula is C35H41FN6O5. The number of aromatic nitrogens is 3. The lowest BCUT2D eigenvalue weighted by molar-refractivity contribution is -0.143. The minimum atomic E-state index is -1.57. The molecule has 2 aliphatic heterocycles. The lowest BCUT2D eigenvalue weighted by Crippen LogP contribution is -2.61. The van der Waals surface area contributed by atoms with Crippen molar-refractivity contribution in [2.24, 2.45) is 18.4 Å². The number of benzene rings is 2.